The molecule has 0 saturated carbocycles. The molecular formula is C29H18BrF4N3O4S2. The highest BCUT2D eigenvalue weighted by Gasteiger charge is 2.57. The van der Waals surface area contributed by atoms with Crippen LogP contribution in [0.5, 0.6) is 0 Å². The van der Waals surface area contributed by atoms with Crippen molar-refractivity contribution in [1.29, 1.82) is 0 Å². The van der Waals surface area contributed by atoms with E-state index in [1.807, 2.05) is 0 Å². The molecule has 6 rings (SSSR count). The molecule has 220 valence electrons. The van der Waals surface area contributed by atoms with Crippen molar-refractivity contribution in [2.75, 3.05) is 10.2 Å². The van der Waals surface area contributed by atoms with Crippen LogP contribution in [0.1, 0.15) is 21.9 Å². The summed E-state index contributed by atoms with van der Waals surface area (Å²) in [5, 5.41) is 1.71. The number of imide groups is 1. The molecule has 0 aliphatic carbocycles. The molecule has 0 unspecified atom stereocenters. The van der Waals surface area contributed by atoms with Gasteiger partial charge in [0.15, 0.2) is 0 Å². The molecule has 2 aliphatic heterocycles. The van der Waals surface area contributed by atoms with Gasteiger partial charge in [-0.05, 0) is 54.1 Å². The van der Waals surface area contributed by atoms with E-state index in [1.165, 1.54) is 28.8 Å². The molecule has 4 aromatic rings. The number of fused-ring (bicyclic) bond motifs is 2. The number of hydrogen-bond acceptors (Lipinski definition) is 6. The summed E-state index contributed by atoms with van der Waals surface area (Å²) in [6.07, 6.45) is -4.82. The van der Waals surface area contributed by atoms with Crippen molar-refractivity contribution >= 4 is 68.1 Å². The molecule has 0 spiro atoms. The Morgan fingerprint density at radius 1 is 0.953 bits per heavy atom. The fourth-order valence-electron chi connectivity index (χ4n) is 5.34. The monoisotopic (exact) mass is 691 g/mol. The van der Waals surface area contributed by atoms with Crippen LogP contribution in [0.25, 0.3) is 0 Å². The van der Waals surface area contributed by atoms with Gasteiger partial charge in [-0.3, -0.25) is 23.7 Å². The second kappa shape index (κ2) is 11.1. The minimum atomic E-state index is -4.82. The Bertz CT molecular complexity index is 1840. The van der Waals surface area contributed by atoms with Gasteiger partial charge in [0.25, 0.3) is 0 Å². The molecule has 43 heavy (non-hydrogen) atoms. The number of benzene rings is 3. The highest BCUT2D eigenvalue weighted by Crippen LogP contribution is 2.54. The van der Waals surface area contributed by atoms with Gasteiger partial charge in [-0.1, -0.05) is 63.3 Å². The lowest BCUT2D eigenvalue weighted by molar-refractivity contribution is -0.137. The smallest absolute Gasteiger partial charge is 0.325 e. The molecule has 1 N–H and O–H groups in total. The minimum absolute atomic E-state index is 0.280. The number of rotatable bonds is 5. The average Bonchev–Trinajstić information content (AvgIpc) is 3.39. The summed E-state index contributed by atoms with van der Waals surface area (Å²) in [6.45, 7) is -0.444. The molecule has 0 radical (unpaired) electrons. The highest BCUT2D eigenvalue weighted by molar-refractivity contribution is 9.10. The Morgan fingerprint density at radius 2 is 1.67 bits per heavy atom. The third-order valence-electron chi connectivity index (χ3n) is 7.14. The van der Waals surface area contributed by atoms with Crippen LogP contribution in [0.2, 0.25) is 0 Å². The molecule has 14 heteroatoms. The van der Waals surface area contributed by atoms with E-state index in [9.17, 15) is 36.7 Å². The molecule has 3 amide bonds. The van der Waals surface area contributed by atoms with Gasteiger partial charge in [-0.15, -0.1) is 0 Å². The number of carbonyl (C=O) groups is 3. The molecule has 2 aliphatic rings. The number of anilines is 2. The average molecular weight is 693 g/mol. The van der Waals surface area contributed by atoms with Crippen LogP contribution in [-0.4, -0.2) is 27.5 Å². The van der Waals surface area contributed by atoms with Crippen molar-refractivity contribution in [2.45, 2.75) is 28.9 Å². The SMILES string of the molecule is O=C(Cn1c2c(sc1=O)[C@@H](c1cccc(Br)c1)[C@@H]1C(=O)N(c3ccccc3C(F)(F)F)C(=O)[C@@H]1S2)Nc1ccc(F)cc1. The molecule has 7 nitrogen and oxygen atoms in total. The fraction of sp³-hybridized carbons (Fsp3) is 0.172. The first-order chi connectivity index (χ1) is 20.4. The van der Waals surface area contributed by atoms with Gasteiger partial charge in [0.1, 0.15) is 17.6 Å². The zero-order valence-corrected chi connectivity index (χ0v) is 24.8. The summed E-state index contributed by atoms with van der Waals surface area (Å²) in [5.74, 6) is -4.70. The summed E-state index contributed by atoms with van der Waals surface area (Å²) in [6, 6.07) is 16.3. The van der Waals surface area contributed by atoms with Crippen molar-refractivity contribution in [2.24, 2.45) is 5.92 Å². The van der Waals surface area contributed by atoms with Gasteiger partial charge < -0.3 is 5.32 Å². The van der Waals surface area contributed by atoms with Crippen molar-refractivity contribution in [3.05, 3.63) is 109 Å². The Morgan fingerprint density at radius 3 is 2.37 bits per heavy atom. The van der Waals surface area contributed by atoms with Gasteiger partial charge >= 0.3 is 11.0 Å². The summed E-state index contributed by atoms with van der Waals surface area (Å²) in [4.78, 5) is 54.4. The molecule has 3 aromatic carbocycles. The molecule has 1 aromatic heterocycles. The van der Waals surface area contributed by atoms with Crippen LogP contribution >= 0.6 is 39.0 Å². The lowest BCUT2D eigenvalue weighted by Crippen LogP contribution is -2.33. The number of halogens is 5. The molecule has 3 atom stereocenters. The second-order valence-electron chi connectivity index (χ2n) is 9.80. The summed E-state index contributed by atoms with van der Waals surface area (Å²) in [5.41, 5.74) is -0.808. The Balaban J connectivity index is 1.43. The summed E-state index contributed by atoms with van der Waals surface area (Å²) in [7, 11) is 0. The third kappa shape index (κ3) is 5.31. The van der Waals surface area contributed by atoms with Gasteiger partial charge in [0, 0.05) is 21.0 Å². The number of para-hydroxylation sites is 1. The number of hydrogen-bond donors (Lipinski definition) is 1. The Kier molecular flexibility index (Phi) is 7.55. The van der Waals surface area contributed by atoms with Gasteiger partial charge in [0.2, 0.25) is 17.7 Å². The van der Waals surface area contributed by atoms with Crippen molar-refractivity contribution in [3.63, 3.8) is 0 Å². The molecule has 1 fully saturated rings. The lowest BCUT2D eigenvalue weighted by atomic mass is 9.83. The van der Waals surface area contributed by atoms with Crippen molar-refractivity contribution in [1.82, 2.24) is 4.57 Å². The van der Waals surface area contributed by atoms with Crippen molar-refractivity contribution in [3.8, 4) is 0 Å². The van der Waals surface area contributed by atoms with Crippen LogP contribution in [0, 0.1) is 11.7 Å². The van der Waals surface area contributed by atoms with Gasteiger partial charge in [-0.25, -0.2) is 9.29 Å². The van der Waals surface area contributed by atoms with Gasteiger partial charge in [-0.2, -0.15) is 13.2 Å². The Labute approximate surface area is 257 Å². The quantitative estimate of drug-likeness (QED) is 0.197. The number of aromatic nitrogens is 1. The van der Waals surface area contributed by atoms with Crippen LogP contribution in [0.4, 0.5) is 28.9 Å². The van der Waals surface area contributed by atoms with Gasteiger partial charge in [0.05, 0.1) is 22.2 Å². The van der Waals surface area contributed by atoms with E-state index in [4.69, 9.17) is 0 Å². The minimum Gasteiger partial charge on any atom is -0.325 e. The van der Waals surface area contributed by atoms with Crippen LogP contribution in [-0.2, 0) is 27.1 Å². The molecule has 0 bridgehead atoms. The molecule has 1 saturated heterocycles. The maximum absolute atomic E-state index is 13.9. The summed E-state index contributed by atoms with van der Waals surface area (Å²) < 4.78 is 56.9. The van der Waals surface area contributed by atoms with Crippen LogP contribution in [0.3, 0.4) is 0 Å². The predicted molar refractivity (Wildman–Crippen MR) is 157 cm³/mol. The van der Waals surface area contributed by atoms with E-state index >= 15 is 0 Å². The number of carbonyl (C=O) groups excluding carboxylic acids is 3. The van der Waals surface area contributed by atoms with E-state index in [-0.39, 0.29) is 5.03 Å². The van der Waals surface area contributed by atoms with E-state index in [2.05, 4.69) is 21.2 Å². The first kappa shape index (κ1) is 29.3. The number of alkyl halides is 3. The fourth-order valence-corrected chi connectivity index (χ4v) is 8.53. The van der Waals surface area contributed by atoms with E-state index in [1.54, 1.807) is 24.3 Å². The summed E-state index contributed by atoms with van der Waals surface area (Å²) >= 11 is 5.11. The Hall–Kier alpha value is -3.75. The zero-order valence-electron chi connectivity index (χ0n) is 21.6. The maximum atomic E-state index is 13.9. The topological polar surface area (TPSA) is 88.5 Å². The maximum Gasteiger partial charge on any atom is 0.418 e. The largest absolute Gasteiger partial charge is 0.418 e. The predicted octanol–water partition coefficient (Wildman–Crippen LogP) is 6.26. The standard InChI is InChI=1S/C29H18BrF4N3O4S2/c30-15-5-3-4-14(12-15)21-22-23(26(40)37(25(22)39)19-7-2-1-6-18(19)29(32,33)34)42-27-24(21)43-28(41)36(27)13-20(38)35-17-10-8-16(31)9-11-17/h1-12,21-23H,13H2,(H,35,38)/t21-,22-,23+/m0/s1. The number of nitrogens with zero attached hydrogens (tertiary/aromatic N) is 2. The number of nitrogens with one attached hydrogen (secondary N) is 1. The normalized spacial score (nSPS) is 19.7. The molecular weight excluding hydrogens is 674 g/mol. The highest BCUT2D eigenvalue weighted by atomic mass is 79.9. The third-order valence-corrected chi connectivity index (χ3v) is 10.2. The molecule has 3 heterocycles. The van der Waals surface area contributed by atoms with Crippen LogP contribution in [0.15, 0.2) is 87.1 Å². The number of thioether (sulfide) groups is 1. The van der Waals surface area contributed by atoms with E-state index in [0.717, 1.165) is 47.4 Å². The zero-order chi connectivity index (χ0) is 30.6. The van der Waals surface area contributed by atoms with Crippen LogP contribution < -0.4 is 15.1 Å². The van der Waals surface area contributed by atoms with E-state index in [0.29, 0.717) is 25.5 Å². The number of amides is 3. The lowest BCUT2D eigenvalue weighted by Gasteiger charge is -2.30. The first-order valence-electron chi connectivity index (χ1n) is 12.7. The van der Waals surface area contributed by atoms with Crippen molar-refractivity contribution < 1.29 is 31.9 Å². The second-order valence-corrected chi connectivity index (χ2v) is 12.8. The first-order valence-corrected chi connectivity index (χ1v) is 15.2. The number of thiazole rings is 1. The van der Waals surface area contributed by atoms with E-state index < -0.39 is 69.5 Å².